The molecule has 0 aliphatic rings. The van der Waals surface area contributed by atoms with Gasteiger partial charge in [-0.05, 0) is 36.9 Å². The fourth-order valence-corrected chi connectivity index (χ4v) is 2.82. The van der Waals surface area contributed by atoms with Crippen molar-refractivity contribution >= 4 is 17.3 Å². The van der Waals surface area contributed by atoms with Crippen LogP contribution in [0, 0.1) is 6.92 Å². The predicted molar refractivity (Wildman–Crippen MR) is 91.5 cm³/mol. The minimum Gasteiger partial charge on any atom is -0.478 e. The van der Waals surface area contributed by atoms with Crippen molar-refractivity contribution in [3.8, 4) is 5.88 Å². The van der Waals surface area contributed by atoms with Gasteiger partial charge in [0.05, 0.1) is 13.2 Å². The maximum absolute atomic E-state index is 5.53. The van der Waals surface area contributed by atoms with Gasteiger partial charge >= 0.3 is 0 Å². The number of nitrogens with one attached hydrogen (secondary N) is 2. The van der Waals surface area contributed by atoms with Crippen molar-refractivity contribution in [3.05, 3.63) is 45.8 Å². The van der Waals surface area contributed by atoms with E-state index in [-0.39, 0.29) is 0 Å². The van der Waals surface area contributed by atoms with E-state index in [1.54, 1.807) is 24.6 Å². The molecule has 6 heteroatoms. The molecule has 0 bridgehead atoms. The largest absolute Gasteiger partial charge is 0.478 e. The van der Waals surface area contributed by atoms with E-state index in [2.05, 4.69) is 39.0 Å². The maximum Gasteiger partial charge on any atom is 0.218 e. The zero-order valence-corrected chi connectivity index (χ0v) is 14.0. The normalized spacial score (nSPS) is 11.3. The van der Waals surface area contributed by atoms with E-state index in [1.165, 1.54) is 10.4 Å². The summed E-state index contributed by atoms with van der Waals surface area (Å²) in [6.07, 6.45) is 1.74. The highest BCUT2D eigenvalue weighted by Gasteiger charge is 2.06. The Kier molecular flexibility index (Phi) is 6.21. The van der Waals surface area contributed by atoms with Crippen LogP contribution >= 0.6 is 11.3 Å². The summed E-state index contributed by atoms with van der Waals surface area (Å²) in [4.78, 5) is 9.81. The summed E-state index contributed by atoms with van der Waals surface area (Å²) in [5.74, 6) is 1.43. The number of aromatic nitrogens is 1. The second kappa shape index (κ2) is 8.38. The van der Waals surface area contributed by atoms with Gasteiger partial charge < -0.3 is 15.4 Å². The van der Waals surface area contributed by atoms with Gasteiger partial charge in [0.2, 0.25) is 5.88 Å². The van der Waals surface area contributed by atoms with E-state index in [9.17, 15) is 0 Å². The van der Waals surface area contributed by atoms with Gasteiger partial charge in [0.15, 0.2) is 5.96 Å². The Labute approximate surface area is 135 Å². The van der Waals surface area contributed by atoms with Crippen molar-refractivity contribution in [3.63, 3.8) is 0 Å². The highest BCUT2D eigenvalue weighted by atomic mass is 32.1. The fraction of sp³-hybridized carbons (Fsp3) is 0.375. The van der Waals surface area contributed by atoms with Gasteiger partial charge in [0.25, 0.3) is 0 Å². The molecule has 0 saturated heterocycles. The molecule has 2 N–H and O–H groups in total. The van der Waals surface area contributed by atoms with Crippen LogP contribution in [-0.2, 0) is 13.1 Å². The zero-order valence-electron chi connectivity index (χ0n) is 13.2. The van der Waals surface area contributed by atoms with Gasteiger partial charge in [-0.3, -0.25) is 4.99 Å². The summed E-state index contributed by atoms with van der Waals surface area (Å²) in [6.45, 7) is 6.07. The molecule has 118 valence electrons. The van der Waals surface area contributed by atoms with Gasteiger partial charge in [0, 0.05) is 30.2 Å². The van der Waals surface area contributed by atoms with Crippen molar-refractivity contribution in [1.82, 2.24) is 15.6 Å². The van der Waals surface area contributed by atoms with Crippen LogP contribution < -0.4 is 15.4 Å². The molecule has 2 aromatic heterocycles. The molecule has 0 saturated carbocycles. The predicted octanol–water partition coefficient (Wildman–Crippen LogP) is 2.72. The highest BCUT2D eigenvalue weighted by Crippen LogP contribution is 2.15. The molecule has 0 radical (unpaired) electrons. The van der Waals surface area contributed by atoms with Gasteiger partial charge in [-0.2, -0.15) is 0 Å². The maximum atomic E-state index is 5.53. The summed E-state index contributed by atoms with van der Waals surface area (Å²) < 4.78 is 5.53. The van der Waals surface area contributed by atoms with Crippen LogP contribution in [0.4, 0.5) is 0 Å². The molecule has 0 unspecified atom stereocenters. The lowest BCUT2D eigenvalue weighted by molar-refractivity contribution is 0.322. The number of aryl methyl sites for hydroxylation is 1. The molecule has 0 atom stereocenters. The average molecular weight is 318 g/mol. The van der Waals surface area contributed by atoms with Gasteiger partial charge in [0.1, 0.15) is 0 Å². The van der Waals surface area contributed by atoms with Crippen LogP contribution in [0.25, 0.3) is 0 Å². The number of thiophene rings is 1. The van der Waals surface area contributed by atoms with E-state index >= 15 is 0 Å². The van der Waals surface area contributed by atoms with E-state index in [4.69, 9.17) is 4.74 Å². The Morgan fingerprint density at radius 2 is 2.14 bits per heavy atom. The lowest BCUT2D eigenvalue weighted by Crippen LogP contribution is -2.36. The molecule has 0 aliphatic carbocycles. The van der Waals surface area contributed by atoms with Crippen molar-refractivity contribution in [2.45, 2.75) is 26.9 Å². The smallest absolute Gasteiger partial charge is 0.218 e. The lowest BCUT2D eigenvalue weighted by Gasteiger charge is -2.13. The number of hydrogen-bond donors (Lipinski definition) is 2. The third-order valence-electron chi connectivity index (χ3n) is 3.19. The molecule has 5 nitrogen and oxygen atoms in total. The molecule has 2 aromatic rings. The van der Waals surface area contributed by atoms with Crippen LogP contribution in [0.1, 0.15) is 22.9 Å². The second-order valence-corrected chi connectivity index (χ2v) is 5.71. The first-order valence-electron chi connectivity index (χ1n) is 7.28. The van der Waals surface area contributed by atoms with Crippen molar-refractivity contribution in [2.24, 2.45) is 4.99 Å². The van der Waals surface area contributed by atoms with E-state index < -0.39 is 0 Å². The number of rotatable bonds is 6. The molecule has 0 spiro atoms. The van der Waals surface area contributed by atoms with E-state index in [0.717, 1.165) is 18.1 Å². The van der Waals surface area contributed by atoms with Crippen LogP contribution in [-0.4, -0.2) is 24.6 Å². The summed E-state index contributed by atoms with van der Waals surface area (Å²) in [7, 11) is 1.77. The van der Waals surface area contributed by atoms with Crippen LogP contribution in [0.5, 0.6) is 5.88 Å². The molecule has 0 fully saturated rings. The first kappa shape index (κ1) is 16.3. The third-order valence-corrected chi connectivity index (χ3v) is 4.21. The molecule has 0 aromatic carbocycles. The summed E-state index contributed by atoms with van der Waals surface area (Å²) in [5.41, 5.74) is 2.32. The monoisotopic (exact) mass is 318 g/mol. The Bertz CT molecular complexity index is 624. The first-order valence-corrected chi connectivity index (χ1v) is 8.16. The van der Waals surface area contributed by atoms with E-state index in [0.29, 0.717) is 19.0 Å². The lowest BCUT2D eigenvalue weighted by atomic mass is 10.2. The molecular formula is C16H22N4OS. The Balaban J connectivity index is 1.90. The second-order valence-electron chi connectivity index (χ2n) is 4.71. The van der Waals surface area contributed by atoms with Crippen molar-refractivity contribution in [1.29, 1.82) is 0 Å². The molecule has 22 heavy (non-hydrogen) atoms. The van der Waals surface area contributed by atoms with Crippen molar-refractivity contribution < 1.29 is 4.74 Å². The van der Waals surface area contributed by atoms with Crippen LogP contribution in [0.3, 0.4) is 0 Å². The van der Waals surface area contributed by atoms with Gasteiger partial charge in [-0.1, -0.05) is 6.07 Å². The summed E-state index contributed by atoms with van der Waals surface area (Å²) >= 11 is 1.75. The number of aliphatic imine (C=N–C) groups is 1. The molecule has 2 heterocycles. The minimum absolute atomic E-state index is 0.606. The van der Waals surface area contributed by atoms with E-state index in [1.807, 2.05) is 19.1 Å². The van der Waals surface area contributed by atoms with Crippen LogP contribution in [0.2, 0.25) is 0 Å². The quantitative estimate of drug-likeness (QED) is 0.635. The SMILES string of the molecule is CCOc1ncccc1CNC(=NC)NCc1sccc1C. The molecule has 0 aliphatic heterocycles. The Morgan fingerprint density at radius 3 is 2.82 bits per heavy atom. The number of pyridine rings is 1. The molecule has 2 rings (SSSR count). The topological polar surface area (TPSA) is 58.5 Å². The standard InChI is InChI=1S/C16H22N4OS/c1-4-21-15-13(6-5-8-18-15)10-19-16(17-3)20-11-14-12(2)7-9-22-14/h5-9H,4,10-11H2,1-3H3,(H2,17,19,20). The Morgan fingerprint density at radius 1 is 1.32 bits per heavy atom. The van der Waals surface area contributed by atoms with Gasteiger partial charge in [-0.15, -0.1) is 11.3 Å². The number of guanidine groups is 1. The number of nitrogens with zero attached hydrogens (tertiary/aromatic N) is 2. The summed E-state index contributed by atoms with van der Waals surface area (Å²) in [5, 5.41) is 8.72. The average Bonchev–Trinajstić information content (AvgIpc) is 2.94. The van der Waals surface area contributed by atoms with Crippen LogP contribution in [0.15, 0.2) is 34.8 Å². The fourth-order valence-electron chi connectivity index (χ4n) is 1.97. The summed E-state index contributed by atoms with van der Waals surface area (Å²) in [6, 6.07) is 6.04. The minimum atomic E-state index is 0.606. The first-order chi connectivity index (χ1) is 10.7. The van der Waals surface area contributed by atoms with Crippen molar-refractivity contribution in [2.75, 3.05) is 13.7 Å². The van der Waals surface area contributed by atoms with Gasteiger partial charge in [-0.25, -0.2) is 4.98 Å². The number of ether oxygens (including phenoxy) is 1. The number of hydrogen-bond acceptors (Lipinski definition) is 4. The third kappa shape index (κ3) is 4.46. The molecule has 0 amide bonds. The Hall–Kier alpha value is -2.08. The highest BCUT2D eigenvalue weighted by molar-refractivity contribution is 7.10. The molecular weight excluding hydrogens is 296 g/mol. The zero-order chi connectivity index (χ0) is 15.8.